The van der Waals surface area contributed by atoms with Crippen LogP contribution in [0.5, 0.6) is 6.01 Å². The fraction of sp³-hybridized carbons (Fsp3) is 0.750. The molecule has 4 rings (SSSR count). The lowest BCUT2D eigenvalue weighted by molar-refractivity contribution is -0.0511. The standard InChI is InChI=1S/C20H31N5O5/c21-17-14-18(25(11-22-14)19-16(28)15(27)13(10-26)30-19)24-20(23-17)29-9-5-4-8-12-6-2-1-3-7-12/h11-13,15-16,19,26-28H,1-10H2,(H2,21,23,24)/t13-,15-,16-,19-/m1/s1. The average Bonchev–Trinajstić information content (AvgIpc) is 3.30. The SMILES string of the molecule is Nc1nc(OCCCCC2CCCCC2)nc2c1ncn2[C@@H]1O[C@H](CO)[C@@H](O)[C@H]1O. The van der Waals surface area contributed by atoms with Gasteiger partial charge in [0.1, 0.15) is 18.3 Å². The van der Waals surface area contributed by atoms with E-state index in [0.717, 1.165) is 18.8 Å². The maximum Gasteiger partial charge on any atom is 0.320 e. The second-order valence-corrected chi connectivity index (χ2v) is 8.29. The molecule has 1 saturated carbocycles. The lowest BCUT2D eigenvalue weighted by Gasteiger charge is -2.21. The monoisotopic (exact) mass is 421 g/mol. The van der Waals surface area contributed by atoms with Crippen LogP contribution in [0, 0.1) is 5.92 Å². The molecule has 1 saturated heterocycles. The van der Waals surface area contributed by atoms with Crippen LogP contribution < -0.4 is 10.5 Å². The summed E-state index contributed by atoms with van der Waals surface area (Å²) >= 11 is 0. The Kier molecular flexibility index (Phi) is 6.67. The second-order valence-electron chi connectivity index (χ2n) is 8.29. The number of aliphatic hydroxyl groups excluding tert-OH is 3. The van der Waals surface area contributed by atoms with Gasteiger partial charge in [0.15, 0.2) is 23.2 Å². The van der Waals surface area contributed by atoms with E-state index >= 15 is 0 Å². The Labute approximate surface area is 175 Å². The van der Waals surface area contributed by atoms with Crippen LogP contribution in [0.15, 0.2) is 6.33 Å². The van der Waals surface area contributed by atoms with Crippen LogP contribution in [-0.4, -0.2) is 66.4 Å². The number of nitrogens with two attached hydrogens (primary N) is 1. The summed E-state index contributed by atoms with van der Waals surface area (Å²) in [5, 5.41) is 29.6. The zero-order valence-electron chi connectivity index (χ0n) is 17.1. The van der Waals surface area contributed by atoms with Gasteiger partial charge in [0.2, 0.25) is 0 Å². The van der Waals surface area contributed by atoms with Gasteiger partial charge in [-0.25, -0.2) is 4.98 Å². The van der Waals surface area contributed by atoms with Gasteiger partial charge in [-0.15, -0.1) is 0 Å². The summed E-state index contributed by atoms with van der Waals surface area (Å²) in [5.41, 5.74) is 6.71. The number of aliphatic hydroxyl groups is 3. The van der Waals surface area contributed by atoms with E-state index in [1.165, 1.54) is 49.4 Å². The van der Waals surface area contributed by atoms with Gasteiger partial charge in [-0.05, 0) is 18.8 Å². The highest BCUT2D eigenvalue weighted by Crippen LogP contribution is 2.32. The van der Waals surface area contributed by atoms with Crippen LogP contribution in [0.3, 0.4) is 0 Å². The molecule has 2 aliphatic rings. The third-order valence-electron chi connectivity index (χ3n) is 6.18. The molecule has 10 heteroatoms. The number of hydrogen-bond donors (Lipinski definition) is 4. The number of hydrogen-bond acceptors (Lipinski definition) is 9. The van der Waals surface area contributed by atoms with E-state index in [-0.39, 0.29) is 11.8 Å². The van der Waals surface area contributed by atoms with Crippen LogP contribution in [-0.2, 0) is 4.74 Å². The Balaban J connectivity index is 1.39. The lowest BCUT2D eigenvalue weighted by atomic mass is 9.86. The molecule has 166 valence electrons. The number of anilines is 1. The first kappa shape index (κ1) is 21.2. The quantitative estimate of drug-likeness (QED) is 0.460. The minimum absolute atomic E-state index is 0.145. The normalized spacial score (nSPS) is 27.7. The summed E-state index contributed by atoms with van der Waals surface area (Å²) in [7, 11) is 0. The van der Waals surface area contributed by atoms with Gasteiger partial charge in [0.25, 0.3) is 0 Å². The van der Waals surface area contributed by atoms with Crippen molar-refractivity contribution in [1.29, 1.82) is 0 Å². The topological polar surface area (TPSA) is 149 Å². The van der Waals surface area contributed by atoms with Crippen molar-refractivity contribution in [2.75, 3.05) is 18.9 Å². The summed E-state index contributed by atoms with van der Waals surface area (Å²) in [6.07, 6.45) is 7.21. The Bertz CT molecular complexity index is 840. The van der Waals surface area contributed by atoms with Gasteiger partial charge in [-0.3, -0.25) is 4.57 Å². The van der Waals surface area contributed by atoms with Crippen molar-refractivity contribution in [3.63, 3.8) is 0 Å². The molecule has 30 heavy (non-hydrogen) atoms. The lowest BCUT2D eigenvalue weighted by Crippen LogP contribution is -2.33. The van der Waals surface area contributed by atoms with Crippen LogP contribution >= 0.6 is 0 Å². The highest BCUT2D eigenvalue weighted by Gasteiger charge is 2.44. The van der Waals surface area contributed by atoms with Gasteiger partial charge in [0, 0.05) is 0 Å². The van der Waals surface area contributed by atoms with Gasteiger partial charge < -0.3 is 30.5 Å². The summed E-state index contributed by atoms with van der Waals surface area (Å²) in [6.45, 7) is 0.0906. The van der Waals surface area contributed by atoms with E-state index in [4.69, 9.17) is 15.2 Å². The fourth-order valence-corrected chi connectivity index (χ4v) is 4.45. The van der Waals surface area contributed by atoms with Gasteiger partial charge in [0.05, 0.1) is 19.5 Å². The molecule has 3 heterocycles. The molecule has 0 radical (unpaired) electrons. The fourth-order valence-electron chi connectivity index (χ4n) is 4.45. The molecule has 0 amide bonds. The Morgan fingerprint density at radius 3 is 2.67 bits per heavy atom. The van der Waals surface area contributed by atoms with Crippen molar-refractivity contribution in [2.45, 2.75) is 75.9 Å². The van der Waals surface area contributed by atoms with Crippen molar-refractivity contribution in [3.8, 4) is 6.01 Å². The van der Waals surface area contributed by atoms with Gasteiger partial charge >= 0.3 is 6.01 Å². The zero-order valence-corrected chi connectivity index (χ0v) is 17.1. The molecule has 0 spiro atoms. The first-order valence-corrected chi connectivity index (χ1v) is 10.8. The molecule has 4 atom stereocenters. The molecule has 0 unspecified atom stereocenters. The molecule has 2 aromatic rings. The molecule has 5 N–H and O–H groups in total. The maximum absolute atomic E-state index is 10.3. The Morgan fingerprint density at radius 1 is 1.13 bits per heavy atom. The summed E-state index contributed by atoms with van der Waals surface area (Å²) < 4.78 is 12.8. The van der Waals surface area contributed by atoms with Crippen molar-refractivity contribution in [1.82, 2.24) is 19.5 Å². The molecular weight excluding hydrogens is 390 g/mol. The summed E-state index contributed by atoms with van der Waals surface area (Å²) in [4.78, 5) is 12.8. The minimum Gasteiger partial charge on any atom is -0.463 e. The number of fused-ring (bicyclic) bond motifs is 1. The van der Waals surface area contributed by atoms with E-state index in [2.05, 4.69) is 15.0 Å². The largest absolute Gasteiger partial charge is 0.463 e. The van der Waals surface area contributed by atoms with E-state index in [1.54, 1.807) is 0 Å². The maximum atomic E-state index is 10.3. The highest BCUT2D eigenvalue weighted by atomic mass is 16.6. The number of nitrogen functional groups attached to an aromatic ring is 1. The van der Waals surface area contributed by atoms with Crippen LogP contribution in [0.1, 0.15) is 57.6 Å². The predicted molar refractivity (Wildman–Crippen MR) is 109 cm³/mol. The van der Waals surface area contributed by atoms with Gasteiger partial charge in [-0.2, -0.15) is 9.97 Å². The van der Waals surface area contributed by atoms with Crippen molar-refractivity contribution >= 4 is 17.0 Å². The van der Waals surface area contributed by atoms with Crippen LogP contribution in [0.2, 0.25) is 0 Å². The van der Waals surface area contributed by atoms with E-state index < -0.39 is 31.1 Å². The van der Waals surface area contributed by atoms with E-state index in [1.807, 2.05) is 0 Å². The van der Waals surface area contributed by atoms with Crippen LogP contribution in [0.25, 0.3) is 11.2 Å². The molecule has 10 nitrogen and oxygen atoms in total. The van der Waals surface area contributed by atoms with E-state index in [0.29, 0.717) is 17.8 Å². The molecule has 0 aromatic carbocycles. The van der Waals surface area contributed by atoms with Crippen LogP contribution in [0.4, 0.5) is 5.82 Å². The summed E-state index contributed by atoms with van der Waals surface area (Å²) in [5.74, 6) is 1.02. The Morgan fingerprint density at radius 2 is 1.93 bits per heavy atom. The first-order chi connectivity index (χ1) is 14.6. The Hall–Kier alpha value is -2.01. The van der Waals surface area contributed by atoms with Crippen molar-refractivity contribution in [2.24, 2.45) is 5.92 Å². The number of aromatic nitrogens is 4. The third-order valence-corrected chi connectivity index (χ3v) is 6.18. The minimum atomic E-state index is -1.24. The van der Waals surface area contributed by atoms with Crippen molar-refractivity contribution in [3.05, 3.63) is 6.33 Å². The summed E-state index contributed by atoms with van der Waals surface area (Å²) in [6, 6.07) is 0.145. The highest BCUT2D eigenvalue weighted by molar-refractivity contribution is 5.82. The third kappa shape index (κ3) is 4.36. The number of imidazole rings is 1. The molecule has 0 bridgehead atoms. The predicted octanol–water partition coefficient (Wildman–Crippen LogP) is 1.15. The number of unbranched alkanes of at least 4 members (excludes halogenated alkanes) is 1. The number of ether oxygens (including phenoxy) is 2. The zero-order chi connectivity index (χ0) is 21.1. The van der Waals surface area contributed by atoms with Gasteiger partial charge in [-0.1, -0.05) is 38.5 Å². The average molecular weight is 421 g/mol. The smallest absolute Gasteiger partial charge is 0.320 e. The molecule has 2 fully saturated rings. The van der Waals surface area contributed by atoms with E-state index in [9.17, 15) is 15.3 Å². The molecule has 2 aromatic heterocycles. The number of rotatable bonds is 8. The molecule has 1 aliphatic heterocycles. The second kappa shape index (κ2) is 9.42. The molecule has 1 aliphatic carbocycles. The first-order valence-electron chi connectivity index (χ1n) is 10.8. The number of nitrogens with zero attached hydrogens (tertiary/aromatic N) is 4. The molecular formula is C20H31N5O5. The van der Waals surface area contributed by atoms with Crippen molar-refractivity contribution < 1.29 is 24.8 Å².